The highest BCUT2D eigenvalue weighted by atomic mass is 19.4. The molecule has 0 bridgehead atoms. The quantitative estimate of drug-likeness (QED) is 0.891. The highest BCUT2D eigenvalue weighted by molar-refractivity contribution is 5.76. The second-order valence-electron chi connectivity index (χ2n) is 6.33. The van der Waals surface area contributed by atoms with Crippen LogP contribution in [0, 0.1) is 6.92 Å². The molecule has 1 fully saturated rings. The molecule has 10 heteroatoms. The first-order valence-corrected chi connectivity index (χ1v) is 8.10. The lowest BCUT2D eigenvalue weighted by Gasteiger charge is -2.27. The van der Waals surface area contributed by atoms with Crippen molar-refractivity contribution in [3.05, 3.63) is 46.0 Å². The number of rotatable bonds is 4. The summed E-state index contributed by atoms with van der Waals surface area (Å²) in [6.45, 7) is 1.10. The molecule has 0 radical (unpaired) electrons. The van der Waals surface area contributed by atoms with Crippen molar-refractivity contribution in [2.24, 2.45) is 0 Å². The van der Waals surface area contributed by atoms with Crippen molar-refractivity contribution < 1.29 is 22.5 Å². The number of aryl methyl sites for hydroxylation is 1. The van der Waals surface area contributed by atoms with Crippen LogP contribution < -0.4 is 10.9 Å². The van der Waals surface area contributed by atoms with Gasteiger partial charge in [-0.3, -0.25) is 9.59 Å². The normalized spacial score (nSPS) is 16.6. The van der Waals surface area contributed by atoms with Gasteiger partial charge in [-0.25, -0.2) is 0 Å². The van der Waals surface area contributed by atoms with Crippen molar-refractivity contribution in [3.63, 3.8) is 0 Å². The zero-order valence-corrected chi connectivity index (χ0v) is 14.0. The second-order valence-corrected chi connectivity index (χ2v) is 6.33. The van der Waals surface area contributed by atoms with E-state index < -0.39 is 35.3 Å². The summed E-state index contributed by atoms with van der Waals surface area (Å²) >= 11 is 0. The average Bonchev–Trinajstić information content (AvgIpc) is 3.18. The molecule has 2 aromatic heterocycles. The van der Waals surface area contributed by atoms with E-state index in [2.05, 4.69) is 15.5 Å². The van der Waals surface area contributed by atoms with Gasteiger partial charge in [-0.15, -0.1) is 0 Å². The number of halogens is 3. The summed E-state index contributed by atoms with van der Waals surface area (Å²) in [5.74, 6) is 0.114. The van der Waals surface area contributed by atoms with Crippen molar-refractivity contribution in [2.45, 2.75) is 50.9 Å². The topological polar surface area (TPSA) is 90.0 Å². The van der Waals surface area contributed by atoms with Crippen LogP contribution in [0.25, 0.3) is 0 Å². The van der Waals surface area contributed by atoms with Crippen LogP contribution in [-0.4, -0.2) is 20.6 Å². The van der Waals surface area contributed by atoms with E-state index in [-0.39, 0.29) is 0 Å². The number of hydrogen-bond acceptors (Lipinski definition) is 5. The molecule has 3 rings (SSSR count). The molecule has 0 unspecified atom stereocenters. The molecule has 2 heterocycles. The standard InChI is InChI=1S/C16H17F3N4O3/c1-10-20-14(22-26-10)15(6-2-3-7-15)21-12(24)9-23-8-4-5-11(13(23)25)16(17,18)19/h4-5,8H,2-3,6-7,9H2,1H3,(H,21,24). The van der Waals surface area contributed by atoms with Gasteiger partial charge in [0, 0.05) is 13.1 Å². The largest absolute Gasteiger partial charge is 0.421 e. The Morgan fingerprint density at radius 3 is 2.65 bits per heavy atom. The molecule has 7 nitrogen and oxygen atoms in total. The molecule has 1 aliphatic rings. The van der Waals surface area contributed by atoms with Gasteiger partial charge in [0.1, 0.15) is 17.6 Å². The molecule has 1 aliphatic carbocycles. The fourth-order valence-electron chi connectivity index (χ4n) is 3.21. The number of nitrogens with zero attached hydrogens (tertiary/aromatic N) is 3. The Labute approximate surface area is 146 Å². The zero-order valence-electron chi connectivity index (χ0n) is 14.0. The number of amides is 1. The zero-order chi connectivity index (χ0) is 18.9. The number of alkyl halides is 3. The number of aromatic nitrogens is 3. The van der Waals surface area contributed by atoms with Crippen LogP contribution in [-0.2, 0) is 23.1 Å². The lowest BCUT2D eigenvalue weighted by molar-refractivity contribution is -0.139. The van der Waals surface area contributed by atoms with Gasteiger partial charge in [-0.05, 0) is 25.0 Å². The van der Waals surface area contributed by atoms with E-state index >= 15 is 0 Å². The van der Waals surface area contributed by atoms with E-state index in [4.69, 9.17) is 4.52 Å². The van der Waals surface area contributed by atoms with Crippen LogP contribution in [0.15, 0.2) is 27.6 Å². The fourth-order valence-corrected chi connectivity index (χ4v) is 3.21. The van der Waals surface area contributed by atoms with Crippen LogP contribution in [0.4, 0.5) is 13.2 Å². The molecule has 0 saturated heterocycles. The molecular formula is C16H17F3N4O3. The SMILES string of the molecule is Cc1nc(C2(NC(=O)Cn3cccc(C(F)(F)F)c3=O)CCCC2)no1. The van der Waals surface area contributed by atoms with E-state index in [0.29, 0.717) is 30.6 Å². The van der Waals surface area contributed by atoms with Crippen LogP contribution in [0.5, 0.6) is 0 Å². The Morgan fingerprint density at radius 2 is 2.08 bits per heavy atom. The monoisotopic (exact) mass is 370 g/mol. The highest BCUT2D eigenvalue weighted by Gasteiger charge is 2.41. The van der Waals surface area contributed by atoms with Gasteiger partial charge in [0.2, 0.25) is 11.8 Å². The number of carbonyl (C=O) groups is 1. The lowest BCUT2D eigenvalue weighted by Crippen LogP contribution is -2.47. The second kappa shape index (κ2) is 6.58. The number of hydrogen-bond donors (Lipinski definition) is 1. The van der Waals surface area contributed by atoms with Crippen LogP contribution >= 0.6 is 0 Å². The smallest absolute Gasteiger partial charge is 0.342 e. The lowest BCUT2D eigenvalue weighted by atomic mass is 9.96. The van der Waals surface area contributed by atoms with Crippen molar-refractivity contribution in [2.75, 3.05) is 0 Å². The maximum absolute atomic E-state index is 12.8. The Hall–Kier alpha value is -2.65. The van der Waals surface area contributed by atoms with Gasteiger partial charge >= 0.3 is 6.18 Å². The minimum Gasteiger partial charge on any atom is -0.342 e. The van der Waals surface area contributed by atoms with E-state index in [1.54, 1.807) is 6.92 Å². The maximum atomic E-state index is 12.8. The van der Waals surface area contributed by atoms with Crippen molar-refractivity contribution in [1.82, 2.24) is 20.0 Å². The molecular weight excluding hydrogens is 353 g/mol. The summed E-state index contributed by atoms with van der Waals surface area (Å²) in [5, 5.41) is 6.67. The van der Waals surface area contributed by atoms with Crippen molar-refractivity contribution in [3.8, 4) is 0 Å². The van der Waals surface area contributed by atoms with Gasteiger partial charge in [0.25, 0.3) is 5.56 Å². The molecule has 0 spiro atoms. The summed E-state index contributed by atoms with van der Waals surface area (Å²) in [6.07, 6.45) is -0.748. The predicted octanol–water partition coefficient (Wildman–Crippen LogP) is 2.14. The molecule has 2 aromatic rings. The van der Waals surface area contributed by atoms with Crippen LogP contribution in [0.2, 0.25) is 0 Å². The highest BCUT2D eigenvalue weighted by Crippen LogP contribution is 2.37. The number of pyridine rings is 1. The fraction of sp³-hybridized carbons (Fsp3) is 0.500. The molecule has 0 atom stereocenters. The molecule has 0 aromatic carbocycles. The molecule has 1 saturated carbocycles. The maximum Gasteiger partial charge on any atom is 0.421 e. The van der Waals surface area contributed by atoms with Gasteiger partial charge < -0.3 is 14.4 Å². The summed E-state index contributed by atoms with van der Waals surface area (Å²) in [6, 6.07) is 1.78. The third-order valence-corrected chi connectivity index (χ3v) is 4.43. The molecule has 0 aliphatic heterocycles. The van der Waals surface area contributed by atoms with E-state index in [1.165, 1.54) is 0 Å². The Kier molecular flexibility index (Phi) is 4.59. The first kappa shape index (κ1) is 18.2. The molecule has 1 N–H and O–H groups in total. The first-order valence-electron chi connectivity index (χ1n) is 8.10. The van der Waals surface area contributed by atoms with Crippen LogP contribution in [0.3, 0.4) is 0 Å². The van der Waals surface area contributed by atoms with E-state index in [9.17, 15) is 22.8 Å². The molecule has 1 amide bonds. The third kappa shape index (κ3) is 3.49. The minimum absolute atomic E-state index is 0.345. The number of carbonyl (C=O) groups excluding carboxylic acids is 1. The summed E-state index contributed by atoms with van der Waals surface area (Å²) in [4.78, 5) is 28.6. The number of nitrogens with one attached hydrogen (secondary N) is 1. The van der Waals surface area contributed by atoms with Gasteiger partial charge in [-0.1, -0.05) is 18.0 Å². The van der Waals surface area contributed by atoms with Crippen molar-refractivity contribution >= 4 is 5.91 Å². The van der Waals surface area contributed by atoms with E-state index in [0.717, 1.165) is 29.7 Å². The van der Waals surface area contributed by atoms with Crippen molar-refractivity contribution in [1.29, 1.82) is 0 Å². The summed E-state index contributed by atoms with van der Waals surface area (Å²) in [5.41, 5.74) is -3.39. The van der Waals surface area contributed by atoms with E-state index in [1.807, 2.05) is 0 Å². The van der Waals surface area contributed by atoms with Gasteiger partial charge in [0.05, 0.1) is 0 Å². The third-order valence-electron chi connectivity index (χ3n) is 4.43. The van der Waals surface area contributed by atoms with Gasteiger partial charge in [-0.2, -0.15) is 18.2 Å². The Bertz CT molecular complexity index is 866. The Morgan fingerprint density at radius 1 is 1.38 bits per heavy atom. The first-order chi connectivity index (χ1) is 12.2. The Balaban J connectivity index is 1.81. The van der Waals surface area contributed by atoms with Crippen LogP contribution in [0.1, 0.15) is 43.0 Å². The van der Waals surface area contributed by atoms with Gasteiger partial charge in [0.15, 0.2) is 5.82 Å². The molecule has 140 valence electrons. The predicted molar refractivity (Wildman–Crippen MR) is 83.0 cm³/mol. The average molecular weight is 370 g/mol. The minimum atomic E-state index is -4.77. The molecule has 26 heavy (non-hydrogen) atoms. The summed E-state index contributed by atoms with van der Waals surface area (Å²) in [7, 11) is 0. The summed E-state index contributed by atoms with van der Waals surface area (Å²) < 4.78 is 44.2.